The minimum Gasteiger partial charge on any atom is -0.316 e. The third-order valence-corrected chi connectivity index (χ3v) is 2.52. The molecule has 84 valence electrons. The van der Waals surface area contributed by atoms with Crippen LogP contribution in [0.3, 0.4) is 0 Å². The van der Waals surface area contributed by atoms with E-state index in [1.54, 1.807) is 28.6 Å². The van der Waals surface area contributed by atoms with Gasteiger partial charge in [0.05, 0.1) is 5.69 Å². The SMILES string of the molecule is CNCc1cccc(-n2ccn(C)c2=O)c1. The molecule has 0 fully saturated rings. The molecule has 2 aromatic rings. The van der Waals surface area contributed by atoms with Crippen molar-refractivity contribution in [3.05, 3.63) is 52.7 Å². The van der Waals surface area contributed by atoms with E-state index in [9.17, 15) is 4.79 Å². The molecule has 0 aliphatic heterocycles. The first-order valence-electron chi connectivity index (χ1n) is 5.20. The van der Waals surface area contributed by atoms with Gasteiger partial charge in [-0.3, -0.25) is 4.57 Å². The zero-order valence-corrected chi connectivity index (χ0v) is 9.47. The van der Waals surface area contributed by atoms with E-state index in [2.05, 4.69) is 5.32 Å². The Morgan fingerprint density at radius 2 is 2.12 bits per heavy atom. The molecular formula is C12H15N3O. The molecule has 1 N–H and O–H groups in total. The average molecular weight is 217 g/mol. The normalized spacial score (nSPS) is 10.6. The minimum atomic E-state index is -0.0263. The third-order valence-electron chi connectivity index (χ3n) is 2.52. The summed E-state index contributed by atoms with van der Waals surface area (Å²) in [5.74, 6) is 0. The van der Waals surface area contributed by atoms with E-state index in [1.165, 1.54) is 0 Å². The highest BCUT2D eigenvalue weighted by Crippen LogP contribution is 2.08. The smallest absolute Gasteiger partial charge is 0.316 e. The summed E-state index contributed by atoms with van der Waals surface area (Å²) in [6, 6.07) is 7.94. The van der Waals surface area contributed by atoms with Crippen LogP contribution < -0.4 is 11.0 Å². The van der Waals surface area contributed by atoms with Gasteiger partial charge in [-0.25, -0.2) is 4.79 Å². The van der Waals surface area contributed by atoms with Gasteiger partial charge in [0.2, 0.25) is 0 Å². The van der Waals surface area contributed by atoms with Crippen LogP contribution in [0.1, 0.15) is 5.56 Å². The maximum absolute atomic E-state index is 11.7. The molecule has 0 aliphatic rings. The Morgan fingerprint density at radius 3 is 2.75 bits per heavy atom. The summed E-state index contributed by atoms with van der Waals surface area (Å²) in [5, 5.41) is 3.09. The summed E-state index contributed by atoms with van der Waals surface area (Å²) in [7, 11) is 3.65. The number of nitrogens with one attached hydrogen (secondary N) is 1. The van der Waals surface area contributed by atoms with Crippen molar-refractivity contribution in [3.63, 3.8) is 0 Å². The van der Waals surface area contributed by atoms with E-state index < -0.39 is 0 Å². The molecule has 16 heavy (non-hydrogen) atoms. The number of hydrogen-bond acceptors (Lipinski definition) is 2. The Bertz CT molecular complexity index is 539. The standard InChI is InChI=1S/C12H15N3O/c1-13-9-10-4-3-5-11(8-10)15-7-6-14(2)12(15)16/h3-8,13H,9H2,1-2H3. The zero-order chi connectivity index (χ0) is 11.5. The monoisotopic (exact) mass is 217 g/mol. The lowest BCUT2D eigenvalue weighted by molar-refractivity contribution is 0.808. The molecule has 4 heteroatoms. The number of rotatable bonds is 3. The first-order chi connectivity index (χ1) is 7.72. The summed E-state index contributed by atoms with van der Waals surface area (Å²) in [4.78, 5) is 11.7. The molecule has 0 amide bonds. The highest BCUT2D eigenvalue weighted by molar-refractivity contribution is 5.35. The van der Waals surface area contributed by atoms with Crippen molar-refractivity contribution in [2.45, 2.75) is 6.54 Å². The Labute approximate surface area is 94.1 Å². The van der Waals surface area contributed by atoms with Gasteiger partial charge in [0, 0.05) is 26.0 Å². The van der Waals surface area contributed by atoms with Gasteiger partial charge in [-0.15, -0.1) is 0 Å². The molecule has 0 saturated carbocycles. The highest BCUT2D eigenvalue weighted by Gasteiger charge is 2.02. The largest absolute Gasteiger partial charge is 0.332 e. The van der Waals surface area contributed by atoms with Crippen LogP contribution >= 0.6 is 0 Å². The number of aryl methyl sites for hydroxylation is 1. The van der Waals surface area contributed by atoms with E-state index in [1.807, 2.05) is 31.3 Å². The maximum atomic E-state index is 11.7. The van der Waals surface area contributed by atoms with Gasteiger partial charge >= 0.3 is 5.69 Å². The lowest BCUT2D eigenvalue weighted by Gasteiger charge is -2.04. The summed E-state index contributed by atoms with van der Waals surface area (Å²) in [6.07, 6.45) is 3.54. The van der Waals surface area contributed by atoms with Crippen molar-refractivity contribution in [1.82, 2.24) is 14.5 Å². The number of imidazole rings is 1. The summed E-state index contributed by atoms with van der Waals surface area (Å²) in [6.45, 7) is 0.801. The molecule has 4 nitrogen and oxygen atoms in total. The Kier molecular flexibility index (Phi) is 2.92. The molecule has 0 atom stereocenters. The van der Waals surface area contributed by atoms with E-state index in [-0.39, 0.29) is 5.69 Å². The summed E-state index contributed by atoms with van der Waals surface area (Å²) >= 11 is 0. The van der Waals surface area contributed by atoms with E-state index >= 15 is 0 Å². The molecule has 1 aromatic heterocycles. The van der Waals surface area contributed by atoms with Crippen molar-refractivity contribution >= 4 is 0 Å². The predicted molar refractivity (Wildman–Crippen MR) is 63.8 cm³/mol. The van der Waals surface area contributed by atoms with Gasteiger partial charge < -0.3 is 9.88 Å². The molecule has 0 bridgehead atoms. The van der Waals surface area contributed by atoms with Gasteiger partial charge in [-0.2, -0.15) is 0 Å². The highest BCUT2D eigenvalue weighted by atomic mass is 16.1. The molecule has 0 saturated heterocycles. The molecule has 0 radical (unpaired) electrons. The maximum Gasteiger partial charge on any atom is 0.332 e. The van der Waals surface area contributed by atoms with Crippen molar-refractivity contribution in [2.24, 2.45) is 7.05 Å². The molecule has 0 spiro atoms. The fourth-order valence-corrected chi connectivity index (χ4v) is 1.68. The van der Waals surface area contributed by atoms with E-state index in [4.69, 9.17) is 0 Å². The van der Waals surface area contributed by atoms with Gasteiger partial charge in [0.1, 0.15) is 0 Å². The van der Waals surface area contributed by atoms with Gasteiger partial charge in [0.25, 0.3) is 0 Å². The van der Waals surface area contributed by atoms with Gasteiger partial charge in [-0.05, 0) is 24.7 Å². The third kappa shape index (κ3) is 1.92. The van der Waals surface area contributed by atoms with Crippen molar-refractivity contribution in [1.29, 1.82) is 0 Å². The van der Waals surface area contributed by atoms with Crippen molar-refractivity contribution < 1.29 is 0 Å². The molecule has 1 aromatic carbocycles. The fraction of sp³-hybridized carbons (Fsp3) is 0.250. The van der Waals surface area contributed by atoms with Crippen LogP contribution in [0.5, 0.6) is 0 Å². The lowest BCUT2D eigenvalue weighted by atomic mass is 10.2. The second-order valence-electron chi connectivity index (χ2n) is 3.76. The van der Waals surface area contributed by atoms with E-state index in [0.717, 1.165) is 17.8 Å². The average Bonchev–Trinajstić information content (AvgIpc) is 2.61. The summed E-state index contributed by atoms with van der Waals surface area (Å²) in [5.41, 5.74) is 2.04. The van der Waals surface area contributed by atoms with E-state index in [0.29, 0.717) is 0 Å². The number of benzene rings is 1. The van der Waals surface area contributed by atoms with Crippen molar-refractivity contribution in [3.8, 4) is 5.69 Å². The second-order valence-corrected chi connectivity index (χ2v) is 3.76. The van der Waals surface area contributed by atoms with Gasteiger partial charge in [-0.1, -0.05) is 12.1 Å². The quantitative estimate of drug-likeness (QED) is 0.829. The minimum absolute atomic E-state index is 0.0263. The van der Waals surface area contributed by atoms with Crippen LogP contribution in [-0.4, -0.2) is 16.2 Å². The predicted octanol–water partition coefficient (Wildman–Crippen LogP) is 0.895. The second kappa shape index (κ2) is 4.37. The Hall–Kier alpha value is -1.81. The molecule has 1 heterocycles. The number of aromatic nitrogens is 2. The van der Waals surface area contributed by atoms with Crippen LogP contribution in [0.25, 0.3) is 5.69 Å². The Balaban J connectivity index is 2.44. The first kappa shape index (κ1) is 10.7. The van der Waals surface area contributed by atoms with Crippen LogP contribution in [0.15, 0.2) is 41.5 Å². The lowest BCUT2D eigenvalue weighted by Crippen LogP contribution is -2.20. The molecule has 0 unspecified atom stereocenters. The summed E-state index contributed by atoms with van der Waals surface area (Å²) < 4.78 is 3.20. The van der Waals surface area contributed by atoms with Crippen LogP contribution in [0.2, 0.25) is 0 Å². The number of nitrogens with zero attached hydrogens (tertiary/aromatic N) is 2. The van der Waals surface area contributed by atoms with Crippen LogP contribution in [0, 0.1) is 0 Å². The fourth-order valence-electron chi connectivity index (χ4n) is 1.68. The zero-order valence-electron chi connectivity index (χ0n) is 9.47. The van der Waals surface area contributed by atoms with Crippen LogP contribution in [0.4, 0.5) is 0 Å². The van der Waals surface area contributed by atoms with Crippen molar-refractivity contribution in [2.75, 3.05) is 7.05 Å². The molecule has 2 rings (SSSR count). The molecule has 0 aliphatic carbocycles. The van der Waals surface area contributed by atoms with Gasteiger partial charge in [0.15, 0.2) is 0 Å². The first-order valence-corrected chi connectivity index (χ1v) is 5.20. The molecular weight excluding hydrogens is 202 g/mol. The number of hydrogen-bond donors (Lipinski definition) is 1. The van der Waals surface area contributed by atoms with Crippen LogP contribution in [-0.2, 0) is 13.6 Å². The Morgan fingerprint density at radius 1 is 1.31 bits per heavy atom. The topological polar surface area (TPSA) is 39.0 Å².